The van der Waals surface area contributed by atoms with Gasteiger partial charge in [-0.15, -0.1) is 0 Å². The molecule has 1 heterocycles. The maximum absolute atomic E-state index is 12.4. The lowest BCUT2D eigenvalue weighted by molar-refractivity contribution is 0.0948. The van der Waals surface area contributed by atoms with Crippen molar-refractivity contribution in [3.8, 4) is 5.75 Å². The van der Waals surface area contributed by atoms with Gasteiger partial charge in [-0.25, -0.2) is 0 Å². The Balaban J connectivity index is 1.24. The van der Waals surface area contributed by atoms with Crippen molar-refractivity contribution in [1.82, 2.24) is 15.5 Å². The van der Waals surface area contributed by atoms with Gasteiger partial charge in [-0.1, -0.05) is 43.3 Å². The number of H-pyrrole nitrogens is 1. The van der Waals surface area contributed by atoms with Gasteiger partial charge in [0.2, 0.25) is 0 Å². The third kappa shape index (κ3) is 3.20. The summed E-state index contributed by atoms with van der Waals surface area (Å²) in [4.78, 5) is 12.4. The Morgan fingerprint density at radius 3 is 2.88 bits per heavy atom. The lowest BCUT2D eigenvalue weighted by Gasteiger charge is -2.49. The first-order valence-corrected chi connectivity index (χ1v) is 12.2. The maximum atomic E-state index is 12.4. The van der Waals surface area contributed by atoms with Crippen molar-refractivity contribution < 1.29 is 9.53 Å². The van der Waals surface area contributed by atoms with E-state index >= 15 is 0 Å². The normalized spacial score (nSPS) is 27.2. The van der Waals surface area contributed by atoms with Gasteiger partial charge in [-0.2, -0.15) is 5.10 Å². The van der Waals surface area contributed by atoms with Crippen LogP contribution >= 0.6 is 0 Å². The van der Waals surface area contributed by atoms with Gasteiger partial charge in [0.05, 0.1) is 0 Å². The molecule has 1 saturated carbocycles. The Morgan fingerprint density at radius 2 is 2.06 bits per heavy atom. The molecule has 6 rings (SSSR count). The molecule has 3 aromatic rings. The number of nitrogens with one attached hydrogen (secondary N) is 2. The van der Waals surface area contributed by atoms with Crippen LogP contribution in [0.4, 0.5) is 0 Å². The van der Waals surface area contributed by atoms with Crippen LogP contribution in [0.25, 0.3) is 0 Å². The summed E-state index contributed by atoms with van der Waals surface area (Å²) in [6.07, 6.45) is 5.57. The molecule has 2 aromatic carbocycles. The molecular formula is C28H31N3O2. The minimum Gasteiger partial charge on any atom is -0.489 e. The molecule has 1 amide bonds. The minimum atomic E-state index is -0.0803. The summed E-state index contributed by atoms with van der Waals surface area (Å²) >= 11 is 0. The predicted octanol–water partition coefficient (Wildman–Crippen LogP) is 4.92. The summed E-state index contributed by atoms with van der Waals surface area (Å²) in [6.45, 7) is 2.99. The van der Waals surface area contributed by atoms with E-state index in [4.69, 9.17) is 4.74 Å². The Hall–Kier alpha value is -3.08. The number of ether oxygens (including phenoxy) is 1. The number of aromatic amines is 1. The molecule has 0 bridgehead atoms. The number of carbonyl (C=O) groups excluding carboxylic acids is 1. The number of hydrogen-bond donors (Lipinski definition) is 2. The van der Waals surface area contributed by atoms with Crippen LogP contribution in [0.2, 0.25) is 0 Å². The molecule has 4 atom stereocenters. The second-order valence-corrected chi connectivity index (χ2v) is 10.2. The molecule has 3 aliphatic carbocycles. The summed E-state index contributed by atoms with van der Waals surface area (Å²) in [5.74, 6) is 2.68. The number of carbonyl (C=O) groups is 1. The summed E-state index contributed by atoms with van der Waals surface area (Å²) in [5.41, 5.74) is 7.20. The van der Waals surface area contributed by atoms with E-state index in [-0.39, 0.29) is 11.3 Å². The number of hydrogen-bond acceptors (Lipinski definition) is 3. The van der Waals surface area contributed by atoms with Crippen molar-refractivity contribution >= 4 is 5.91 Å². The topological polar surface area (TPSA) is 67.0 Å². The molecule has 2 N–H and O–H groups in total. The number of aromatic nitrogens is 2. The van der Waals surface area contributed by atoms with Crippen molar-refractivity contribution in [3.05, 3.63) is 82.2 Å². The van der Waals surface area contributed by atoms with E-state index in [1.807, 2.05) is 6.07 Å². The van der Waals surface area contributed by atoms with Gasteiger partial charge < -0.3 is 10.1 Å². The van der Waals surface area contributed by atoms with Crippen LogP contribution in [-0.2, 0) is 24.9 Å². The molecule has 1 aromatic heterocycles. The first-order chi connectivity index (χ1) is 16.1. The number of rotatable bonds is 4. The average molecular weight is 442 g/mol. The Labute approximate surface area is 194 Å². The highest BCUT2D eigenvalue weighted by atomic mass is 16.5. The average Bonchev–Trinajstić information content (AvgIpc) is 3.40. The number of aryl methyl sites for hydroxylation is 1. The van der Waals surface area contributed by atoms with E-state index in [1.165, 1.54) is 35.2 Å². The van der Waals surface area contributed by atoms with Gasteiger partial charge in [0.1, 0.15) is 12.4 Å². The number of amides is 1. The van der Waals surface area contributed by atoms with Crippen LogP contribution in [0.3, 0.4) is 0 Å². The van der Waals surface area contributed by atoms with Gasteiger partial charge in [-0.3, -0.25) is 9.89 Å². The van der Waals surface area contributed by atoms with Gasteiger partial charge in [0.25, 0.3) is 5.91 Å². The highest BCUT2D eigenvalue weighted by molar-refractivity contribution is 5.94. The molecule has 0 unspecified atom stereocenters. The molecule has 3 aliphatic rings. The highest BCUT2D eigenvalue weighted by Gasteiger charge is 2.54. The van der Waals surface area contributed by atoms with E-state index < -0.39 is 0 Å². The fourth-order valence-corrected chi connectivity index (χ4v) is 6.96. The summed E-state index contributed by atoms with van der Waals surface area (Å²) < 4.78 is 6.11. The third-order valence-electron chi connectivity index (χ3n) is 8.64. The second kappa shape index (κ2) is 7.75. The lowest BCUT2D eigenvalue weighted by Crippen LogP contribution is -2.43. The Morgan fingerprint density at radius 1 is 1.21 bits per heavy atom. The summed E-state index contributed by atoms with van der Waals surface area (Å²) in [6, 6.07) is 17.1. The maximum Gasteiger partial charge on any atom is 0.271 e. The zero-order chi connectivity index (χ0) is 22.6. The van der Waals surface area contributed by atoms with Crippen LogP contribution in [0.5, 0.6) is 5.75 Å². The van der Waals surface area contributed by atoms with Crippen molar-refractivity contribution in [2.75, 3.05) is 7.05 Å². The summed E-state index contributed by atoms with van der Waals surface area (Å²) in [5, 5.41) is 10.4. The van der Waals surface area contributed by atoms with Gasteiger partial charge >= 0.3 is 0 Å². The fourth-order valence-electron chi connectivity index (χ4n) is 6.96. The number of nitrogens with zero attached hydrogens (tertiary/aromatic N) is 1. The molecule has 0 spiro atoms. The second-order valence-electron chi connectivity index (χ2n) is 10.2. The first kappa shape index (κ1) is 20.5. The van der Waals surface area contributed by atoms with Crippen LogP contribution in [0.1, 0.15) is 70.5 Å². The van der Waals surface area contributed by atoms with Crippen molar-refractivity contribution in [1.29, 1.82) is 0 Å². The van der Waals surface area contributed by atoms with Crippen molar-refractivity contribution in [3.63, 3.8) is 0 Å². The predicted molar refractivity (Wildman–Crippen MR) is 128 cm³/mol. The van der Waals surface area contributed by atoms with E-state index in [0.717, 1.165) is 30.6 Å². The molecular weight excluding hydrogens is 410 g/mol. The fraction of sp³-hybridized carbons (Fsp3) is 0.429. The molecule has 33 heavy (non-hydrogen) atoms. The summed E-state index contributed by atoms with van der Waals surface area (Å²) in [7, 11) is 1.68. The molecule has 1 fully saturated rings. The van der Waals surface area contributed by atoms with Crippen LogP contribution in [-0.4, -0.2) is 23.2 Å². The monoisotopic (exact) mass is 441 g/mol. The Kier molecular flexibility index (Phi) is 4.82. The van der Waals surface area contributed by atoms with Gasteiger partial charge in [0, 0.05) is 23.7 Å². The minimum absolute atomic E-state index is 0.0803. The molecule has 5 nitrogen and oxygen atoms in total. The SMILES string of the molecule is CNC(=O)c1n[nH]c2c1C[C@H]1[C@@H]3CCc4cc(OCc5ccccc5)ccc4[C@H]3CC[C@]21C. The largest absolute Gasteiger partial charge is 0.489 e. The molecule has 0 saturated heterocycles. The smallest absolute Gasteiger partial charge is 0.271 e. The molecule has 0 radical (unpaired) electrons. The Bertz CT molecular complexity index is 1200. The quantitative estimate of drug-likeness (QED) is 0.604. The van der Waals surface area contributed by atoms with E-state index in [2.05, 4.69) is 64.9 Å². The zero-order valence-electron chi connectivity index (χ0n) is 19.4. The molecule has 170 valence electrons. The lowest BCUT2D eigenvalue weighted by atomic mass is 9.55. The third-order valence-corrected chi connectivity index (χ3v) is 8.64. The van der Waals surface area contributed by atoms with Gasteiger partial charge in [-0.05, 0) is 78.7 Å². The van der Waals surface area contributed by atoms with Crippen LogP contribution < -0.4 is 10.1 Å². The van der Waals surface area contributed by atoms with Crippen LogP contribution in [0.15, 0.2) is 48.5 Å². The van der Waals surface area contributed by atoms with E-state index in [0.29, 0.717) is 30.1 Å². The zero-order valence-corrected chi connectivity index (χ0v) is 19.4. The number of benzene rings is 2. The van der Waals surface area contributed by atoms with Crippen LogP contribution in [0, 0.1) is 11.8 Å². The molecule has 0 aliphatic heterocycles. The van der Waals surface area contributed by atoms with E-state index in [9.17, 15) is 4.79 Å². The number of fused-ring (bicyclic) bond motifs is 7. The first-order valence-electron chi connectivity index (χ1n) is 12.2. The van der Waals surface area contributed by atoms with E-state index in [1.54, 1.807) is 7.05 Å². The van der Waals surface area contributed by atoms with Crippen molar-refractivity contribution in [2.24, 2.45) is 11.8 Å². The van der Waals surface area contributed by atoms with Crippen molar-refractivity contribution in [2.45, 2.75) is 57.0 Å². The van der Waals surface area contributed by atoms with Gasteiger partial charge in [0.15, 0.2) is 5.69 Å². The highest BCUT2D eigenvalue weighted by Crippen LogP contribution is 2.60. The standard InChI is InChI=1S/C28H31N3O2/c1-28-13-12-21-20-11-9-19(33-16-17-6-4-3-5-7-17)14-18(20)8-10-22(21)24(28)15-23-25(27(32)29-2)30-31-26(23)28/h3-7,9,11,14,21-22,24H,8,10,12-13,15-16H2,1-2H3,(H,29,32)(H,30,31)/t21-,22-,24+,28+/m1/s1. The molecule has 5 heteroatoms.